The van der Waals surface area contributed by atoms with Gasteiger partial charge in [-0.15, -0.1) is 0 Å². The third kappa shape index (κ3) is 3.42. The minimum Gasteiger partial charge on any atom is -0.381 e. The lowest BCUT2D eigenvalue weighted by Crippen LogP contribution is -2.68. The molecule has 6 heteroatoms. The van der Waals surface area contributed by atoms with E-state index >= 15 is 0 Å². The van der Waals surface area contributed by atoms with Crippen molar-refractivity contribution in [2.24, 2.45) is 16.3 Å². The molecule has 5 nitrogen and oxygen atoms in total. The highest BCUT2D eigenvalue weighted by Gasteiger charge is 2.59. The van der Waals surface area contributed by atoms with Crippen LogP contribution >= 0.6 is 11.8 Å². The second kappa shape index (κ2) is 7.42. The predicted octanol–water partition coefficient (Wildman–Crippen LogP) is 2.27. The van der Waals surface area contributed by atoms with Gasteiger partial charge in [-0.2, -0.15) is 11.8 Å². The third-order valence-corrected chi connectivity index (χ3v) is 7.50. The molecule has 2 N–H and O–H groups in total. The molecule has 0 radical (unpaired) electrons. The molecule has 0 aromatic rings. The molecule has 2 aliphatic heterocycles. The van der Waals surface area contributed by atoms with Gasteiger partial charge in [0.15, 0.2) is 5.96 Å². The molecule has 3 fully saturated rings. The summed E-state index contributed by atoms with van der Waals surface area (Å²) in [5, 5.41) is 7.29. The minimum absolute atomic E-state index is 0.174. The summed E-state index contributed by atoms with van der Waals surface area (Å²) >= 11 is 2.06. The average Bonchev–Trinajstić information content (AvgIpc) is 3.03. The molecule has 0 amide bonds. The molecular weight excluding hydrogens is 322 g/mol. The van der Waals surface area contributed by atoms with Gasteiger partial charge in [-0.05, 0) is 25.0 Å². The third-order valence-electron chi connectivity index (χ3n) is 6.05. The van der Waals surface area contributed by atoms with Gasteiger partial charge in [0.2, 0.25) is 0 Å². The number of nitrogens with zero attached hydrogens (tertiary/aromatic N) is 1. The minimum atomic E-state index is 0.174. The van der Waals surface area contributed by atoms with Crippen LogP contribution in [0.25, 0.3) is 0 Å². The Balaban J connectivity index is 1.57. The molecule has 0 aromatic heterocycles. The monoisotopic (exact) mass is 355 g/mol. The van der Waals surface area contributed by atoms with Crippen molar-refractivity contribution in [2.75, 3.05) is 39.2 Å². The molecule has 0 aromatic carbocycles. The zero-order chi connectivity index (χ0) is 17.2. The van der Waals surface area contributed by atoms with Crippen molar-refractivity contribution >= 4 is 17.7 Å². The van der Waals surface area contributed by atoms with Gasteiger partial charge in [-0.3, -0.25) is 4.99 Å². The topological polar surface area (TPSA) is 54.9 Å². The lowest BCUT2D eigenvalue weighted by Gasteiger charge is -2.55. The molecule has 1 saturated carbocycles. The van der Waals surface area contributed by atoms with Gasteiger partial charge in [0.05, 0.1) is 6.10 Å². The summed E-state index contributed by atoms with van der Waals surface area (Å²) in [4.78, 5) is 4.48. The van der Waals surface area contributed by atoms with Crippen molar-refractivity contribution < 1.29 is 9.47 Å². The Morgan fingerprint density at radius 1 is 1.25 bits per heavy atom. The second-order valence-electron chi connectivity index (χ2n) is 7.84. The quantitative estimate of drug-likeness (QED) is 0.585. The highest BCUT2D eigenvalue weighted by molar-refractivity contribution is 8.00. The van der Waals surface area contributed by atoms with E-state index in [-0.39, 0.29) is 10.2 Å². The number of nitrogens with one attached hydrogen (secondary N) is 2. The number of aliphatic imine (C=N–C) groups is 1. The molecule has 138 valence electrons. The number of hydrogen-bond donors (Lipinski definition) is 2. The van der Waals surface area contributed by atoms with Crippen molar-refractivity contribution in [1.82, 2.24) is 10.6 Å². The van der Waals surface area contributed by atoms with Crippen LogP contribution in [-0.2, 0) is 9.47 Å². The van der Waals surface area contributed by atoms with Gasteiger partial charge in [0, 0.05) is 55.5 Å². The van der Waals surface area contributed by atoms with Crippen molar-refractivity contribution in [3.63, 3.8) is 0 Å². The molecule has 3 atom stereocenters. The normalized spacial score (nSPS) is 34.3. The first-order valence-electron chi connectivity index (χ1n) is 9.33. The van der Waals surface area contributed by atoms with Crippen molar-refractivity contribution in [3.8, 4) is 0 Å². The number of guanidine groups is 1. The van der Waals surface area contributed by atoms with E-state index in [0.29, 0.717) is 18.1 Å². The lowest BCUT2D eigenvalue weighted by molar-refractivity contribution is -0.106. The maximum absolute atomic E-state index is 5.90. The molecule has 3 aliphatic rings. The van der Waals surface area contributed by atoms with Crippen LogP contribution in [0.1, 0.15) is 40.0 Å². The Morgan fingerprint density at radius 3 is 2.67 bits per heavy atom. The molecule has 1 aliphatic carbocycles. The predicted molar refractivity (Wildman–Crippen MR) is 101 cm³/mol. The molecular formula is C18H33N3O2S. The molecule has 24 heavy (non-hydrogen) atoms. The summed E-state index contributed by atoms with van der Waals surface area (Å²) in [5.74, 6) is 2.70. The maximum atomic E-state index is 5.90. The molecule has 3 unspecified atom stereocenters. The zero-order valence-electron chi connectivity index (χ0n) is 15.6. The van der Waals surface area contributed by atoms with Crippen LogP contribution in [-0.4, -0.2) is 62.0 Å². The maximum Gasteiger partial charge on any atom is 0.191 e. The number of fused-ring (bicyclic) bond motifs is 1. The summed E-state index contributed by atoms with van der Waals surface area (Å²) in [6.45, 7) is 10.4. The van der Waals surface area contributed by atoms with Gasteiger partial charge in [0.25, 0.3) is 0 Å². The van der Waals surface area contributed by atoms with E-state index in [2.05, 4.69) is 48.2 Å². The van der Waals surface area contributed by atoms with Crippen molar-refractivity contribution in [3.05, 3.63) is 0 Å². The zero-order valence-corrected chi connectivity index (χ0v) is 16.4. The van der Waals surface area contributed by atoms with Crippen LogP contribution in [0.5, 0.6) is 0 Å². The summed E-state index contributed by atoms with van der Waals surface area (Å²) < 4.78 is 11.7. The van der Waals surface area contributed by atoms with Gasteiger partial charge in [-0.1, -0.05) is 20.8 Å². The fourth-order valence-electron chi connectivity index (χ4n) is 4.63. The summed E-state index contributed by atoms with van der Waals surface area (Å²) in [6, 6.07) is 0.445. The van der Waals surface area contributed by atoms with E-state index < -0.39 is 0 Å². The van der Waals surface area contributed by atoms with Gasteiger partial charge >= 0.3 is 0 Å². The molecule has 3 rings (SSSR count). The molecule has 0 bridgehead atoms. The fourth-order valence-corrected chi connectivity index (χ4v) is 5.87. The van der Waals surface area contributed by atoms with E-state index in [0.717, 1.165) is 57.3 Å². The van der Waals surface area contributed by atoms with Crippen LogP contribution in [0.4, 0.5) is 0 Å². The van der Waals surface area contributed by atoms with Crippen LogP contribution in [0.2, 0.25) is 0 Å². The smallest absolute Gasteiger partial charge is 0.191 e. The summed E-state index contributed by atoms with van der Waals surface area (Å²) in [7, 11) is 1.87. The Hall–Kier alpha value is -0.460. The SMILES string of the molecule is CCSC1(CNC(=NC)NC2C3CCOC3C2(C)C)CCOCC1. The standard InChI is InChI=1S/C18H33N3O2S/c1-5-24-18(7-10-22-11-8-18)12-20-16(19-4)21-14-13-6-9-23-15(13)17(14,2)3/h13-15H,5-12H2,1-4H3,(H2,19,20,21). The Bertz CT molecular complexity index is 458. The molecule has 0 spiro atoms. The Kier molecular flexibility index (Phi) is 5.67. The van der Waals surface area contributed by atoms with Crippen LogP contribution < -0.4 is 10.6 Å². The number of ether oxygens (including phenoxy) is 2. The van der Waals surface area contributed by atoms with E-state index in [4.69, 9.17) is 9.47 Å². The highest BCUT2D eigenvalue weighted by Crippen LogP contribution is 2.52. The van der Waals surface area contributed by atoms with Gasteiger partial charge in [-0.25, -0.2) is 0 Å². The number of thioether (sulfide) groups is 1. The summed E-state index contributed by atoms with van der Waals surface area (Å²) in [5.41, 5.74) is 0.174. The van der Waals surface area contributed by atoms with Crippen molar-refractivity contribution in [2.45, 2.75) is 56.9 Å². The first kappa shape index (κ1) is 18.3. The fraction of sp³-hybridized carbons (Fsp3) is 0.944. The summed E-state index contributed by atoms with van der Waals surface area (Å²) in [6.07, 6.45) is 3.80. The first-order chi connectivity index (χ1) is 11.5. The van der Waals surface area contributed by atoms with E-state index in [9.17, 15) is 0 Å². The first-order valence-corrected chi connectivity index (χ1v) is 10.3. The molecule has 2 saturated heterocycles. The van der Waals surface area contributed by atoms with E-state index in [1.54, 1.807) is 0 Å². The van der Waals surface area contributed by atoms with E-state index in [1.807, 2.05) is 7.05 Å². The van der Waals surface area contributed by atoms with Gasteiger partial charge in [0.1, 0.15) is 0 Å². The largest absolute Gasteiger partial charge is 0.381 e. The Morgan fingerprint density at radius 2 is 2.00 bits per heavy atom. The number of hydrogen-bond acceptors (Lipinski definition) is 4. The van der Waals surface area contributed by atoms with Crippen molar-refractivity contribution in [1.29, 1.82) is 0 Å². The van der Waals surface area contributed by atoms with Gasteiger partial charge < -0.3 is 20.1 Å². The number of rotatable bonds is 5. The Labute approximate surface area is 150 Å². The van der Waals surface area contributed by atoms with E-state index in [1.165, 1.54) is 0 Å². The lowest BCUT2D eigenvalue weighted by atomic mass is 9.57. The van der Waals surface area contributed by atoms with Crippen LogP contribution in [0.15, 0.2) is 4.99 Å². The average molecular weight is 356 g/mol. The van der Waals surface area contributed by atoms with Crippen LogP contribution in [0.3, 0.4) is 0 Å². The second-order valence-corrected chi connectivity index (χ2v) is 9.57. The van der Waals surface area contributed by atoms with Crippen LogP contribution in [0, 0.1) is 11.3 Å². The highest BCUT2D eigenvalue weighted by atomic mass is 32.2. The molecule has 2 heterocycles.